The molecular weight excluding hydrogens is 262 g/mol. The van der Waals surface area contributed by atoms with Crippen LogP contribution in [0.25, 0.3) is 10.8 Å². The van der Waals surface area contributed by atoms with Gasteiger partial charge in [-0.3, -0.25) is 5.32 Å². The number of hydrogen-bond acceptors (Lipinski definition) is 2. The summed E-state index contributed by atoms with van der Waals surface area (Å²) >= 11 is 0. The van der Waals surface area contributed by atoms with E-state index in [4.69, 9.17) is 4.74 Å². The molecule has 0 saturated heterocycles. The summed E-state index contributed by atoms with van der Waals surface area (Å²) in [7, 11) is 0. The van der Waals surface area contributed by atoms with Crippen molar-refractivity contribution in [3.8, 4) is 0 Å². The summed E-state index contributed by atoms with van der Waals surface area (Å²) in [6.45, 7) is 2.68. The summed E-state index contributed by atoms with van der Waals surface area (Å²) in [5, 5.41) is 4.96. The number of anilines is 1. The summed E-state index contributed by atoms with van der Waals surface area (Å²) < 4.78 is 5.23. The third-order valence-corrected chi connectivity index (χ3v) is 3.51. The molecule has 0 radical (unpaired) electrons. The second-order valence-corrected chi connectivity index (χ2v) is 5.20. The van der Waals surface area contributed by atoms with Crippen LogP contribution in [0.15, 0.2) is 42.5 Å². The fraction of sp³-hybridized carbons (Fsp3) is 0.389. The largest absolute Gasteiger partial charge is 0.449 e. The molecule has 0 aliphatic rings. The van der Waals surface area contributed by atoms with Crippen LogP contribution in [0.4, 0.5) is 10.5 Å². The van der Waals surface area contributed by atoms with E-state index in [-0.39, 0.29) is 6.09 Å². The molecule has 0 aliphatic heterocycles. The Morgan fingerprint density at radius 3 is 2.62 bits per heavy atom. The highest BCUT2D eigenvalue weighted by Gasteiger charge is 2.05. The van der Waals surface area contributed by atoms with Crippen LogP contribution in [-0.2, 0) is 4.74 Å². The Hall–Kier alpha value is -2.03. The second-order valence-electron chi connectivity index (χ2n) is 5.20. The average Bonchev–Trinajstić information content (AvgIpc) is 2.51. The van der Waals surface area contributed by atoms with Gasteiger partial charge in [0.1, 0.15) is 0 Å². The quantitative estimate of drug-likeness (QED) is 0.695. The first-order chi connectivity index (χ1) is 10.3. The Bertz CT molecular complexity index is 575. The van der Waals surface area contributed by atoms with Crippen LogP contribution in [0.2, 0.25) is 0 Å². The zero-order valence-corrected chi connectivity index (χ0v) is 12.6. The molecule has 1 N–H and O–H groups in total. The number of carbonyl (C=O) groups is 1. The van der Waals surface area contributed by atoms with Crippen molar-refractivity contribution in [3.63, 3.8) is 0 Å². The van der Waals surface area contributed by atoms with E-state index in [0.29, 0.717) is 6.61 Å². The number of ether oxygens (including phenoxy) is 1. The van der Waals surface area contributed by atoms with Crippen LogP contribution >= 0.6 is 0 Å². The van der Waals surface area contributed by atoms with Crippen molar-refractivity contribution in [2.24, 2.45) is 0 Å². The van der Waals surface area contributed by atoms with E-state index in [1.54, 1.807) is 0 Å². The van der Waals surface area contributed by atoms with Gasteiger partial charge in [-0.2, -0.15) is 0 Å². The Balaban J connectivity index is 1.82. The zero-order valence-electron chi connectivity index (χ0n) is 12.6. The molecule has 0 aromatic heterocycles. The summed E-state index contributed by atoms with van der Waals surface area (Å²) in [6.07, 6.45) is 5.37. The molecule has 0 heterocycles. The van der Waals surface area contributed by atoms with E-state index < -0.39 is 0 Å². The monoisotopic (exact) mass is 285 g/mol. The van der Waals surface area contributed by atoms with Crippen LogP contribution < -0.4 is 5.32 Å². The maximum atomic E-state index is 11.8. The van der Waals surface area contributed by atoms with Gasteiger partial charge < -0.3 is 4.74 Å². The van der Waals surface area contributed by atoms with Crippen molar-refractivity contribution in [3.05, 3.63) is 42.5 Å². The zero-order chi connectivity index (χ0) is 14.9. The first-order valence-corrected chi connectivity index (χ1v) is 7.73. The first kappa shape index (κ1) is 15.4. The molecule has 0 spiro atoms. The van der Waals surface area contributed by atoms with Gasteiger partial charge in [0.05, 0.1) is 12.3 Å². The molecule has 3 nitrogen and oxygen atoms in total. The van der Waals surface area contributed by atoms with Gasteiger partial charge in [0, 0.05) is 5.39 Å². The average molecular weight is 285 g/mol. The second kappa shape index (κ2) is 8.30. The number of hydrogen-bond donors (Lipinski definition) is 1. The number of amides is 1. The van der Waals surface area contributed by atoms with Gasteiger partial charge in [-0.15, -0.1) is 0 Å². The normalized spacial score (nSPS) is 10.5. The predicted molar refractivity (Wildman–Crippen MR) is 87.7 cm³/mol. The molecule has 2 aromatic rings. The van der Waals surface area contributed by atoms with Crippen molar-refractivity contribution < 1.29 is 9.53 Å². The van der Waals surface area contributed by atoms with Gasteiger partial charge >= 0.3 is 6.09 Å². The summed E-state index contributed by atoms with van der Waals surface area (Å²) in [5.41, 5.74) is 0.795. The highest BCUT2D eigenvalue weighted by molar-refractivity contribution is 6.00. The van der Waals surface area contributed by atoms with Crippen molar-refractivity contribution in [1.29, 1.82) is 0 Å². The van der Waals surface area contributed by atoms with E-state index in [9.17, 15) is 4.79 Å². The van der Waals surface area contributed by atoms with E-state index in [0.717, 1.165) is 29.3 Å². The van der Waals surface area contributed by atoms with Gasteiger partial charge in [-0.25, -0.2) is 4.79 Å². The smallest absolute Gasteiger partial charge is 0.411 e. The lowest BCUT2D eigenvalue weighted by Gasteiger charge is -2.09. The highest BCUT2D eigenvalue weighted by atomic mass is 16.5. The van der Waals surface area contributed by atoms with Crippen LogP contribution in [0.1, 0.15) is 39.0 Å². The molecule has 0 unspecified atom stereocenters. The number of fused-ring (bicyclic) bond motifs is 1. The Morgan fingerprint density at radius 1 is 1.00 bits per heavy atom. The summed E-state index contributed by atoms with van der Waals surface area (Å²) in [4.78, 5) is 11.8. The molecule has 2 aromatic carbocycles. The Morgan fingerprint density at radius 2 is 1.76 bits per heavy atom. The van der Waals surface area contributed by atoms with E-state index in [1.165, 1.54) is 19.3 Å². The van der Waals surface area contributed by atoms with Crippen LogP contribution in [0.3, 0.4) is 0 Å². The first-order valence-electron chi connectivity index (χ1n) is 7.73. The lowest BCUT2D eigenvalue weighted by atomic mass is 10.1. The molecule has 1 amide bonds. The molecular formula is C18H23NO2. The van der Waals surface area contributed by atoms with Gasteiger partial charge in [-0.1, -0.05) is 69.0 Å². The molecule has 2 rings (SSSR count). The van der Waals surface area contributed by atoms with Crippen LogP contribution in [0.5, 0.6) is 0 Å². The van der Waals surface area contributed by atoms with Crippen LogP contribution in [0, 0.1) is 0 Å². The van der Waals surface area contributed by atoms with Crippen molar-refractivity contribution in [1.82, 2.24) is 0 Å². The van der Waals surface area contributed by atoms with Gasteiger partial charge in [0.15, 0.2) is 0 Å². The maximum absolute atomic E-state index is 11.8. The van der Waals surface area contributed by atoms with Gasteiger partial charge in [0.2, 0.25) is 0 Å². The lowest BCUT2D eigenvalue weighted by molar-refractivity contribution is 0.159. The fourth-order valence-corrected chi connectivity index (χ4v) is 2.35. The van der Waals surface area contributed by atoms with Crippen molar-refractivity contribution in [2.45, 2.75) is 39.0 Å². The highest BCUT2D eigenvalue weighted by Crippen LogP contribution is 2.22. The summed E-state index contributed by atoms with van der Waals surface area (Å²) in [5.74, 6) is 0. The minimum atomic E-state index is -0.373. The molecule has 0 atom stereocenters. The van der Waals surface area contributed by atoms with Gasteiger partial charge in [0.25, 0.3) is 0 Å². The molecule has 0 aliphatic carbocycles. The van der Waals surface area contributed by atoms with E-state index >= 15 is 0 Å². The number of unbranched alkanes of at least 4 members (excludes halogenated alkanes) is 4. The number of nitrogens with one attached hydrogen (secondary N) is 1. The van der Waals surface area contributed by atoms with E-state index in [1.807, 2.05) is 42.5 Å². The molecule has 0 saturated carbocycles. The van der Waals surface area contributed by atoms with Crippen molar-refractivity contribution >= 4 is 22.6 Å². The Labute approximate surface area is 126 Å². The van der Waals surface area contributed by atoms with E-state index in [2.05, 4.69) is 12.2 Å². The fourth-order valence-electron chi connectivity index (χ4n) is 2.35. The molecule has 0 bridgehead atoms. The molecule has 112 valence electrons. The minimum Gasteiger partial charge on any atom is -0.449 e. The third kappa shape index (κ3) is 4.78. The molecule has 3 heteroatoms. The number of carbonyl (C=O) groups excluding carboxylic acids is 1. The standard InChI is InChI=1S/C18H23NO2/c1-2-3-4-5-8-14-21-18(20)19-17-13-9-11-15-10-6-7-12-16(15)17/h6-7,9-13H,2-5,8,14H2,1H3,(H,19,20). The molecule has 0 fully saturated rings. The number of rotatable bonds is 7. The maximum Gasteiger partial charge on any atom is 0.411 e. The predicted octanol–water partition coefficient (Wildman–Crippen LogP) is 5.36. The van der Waals surface area contributed by atoms with Crippen molar-refractivity contribution in [2.75, 3.05) is 11.9 Å². The van der Waals surface area contributed by atoms with Gasteiger partial charge in [-0.05, 0) is 17.9 Å². The molecule has 21 heavy (non-hydrogen) atoms. The third-order valence-electron chi connectivity index (χ3n) is 3.51. The number of benzene rings is 2. The lowest BCUT2D eigenvalue weighted by Crippen LogP contribution is -2.14. The minimum absolute atomic E-state index is 0.373. The SMILES string of the molecule is CCCCCCCOC(=O)Nc1cccc2ccccc12. The Kier molecular flexibility index (Phi) is 6.07. The van der Waals surface area contributed by atoms with Crippen LogP contribution in [-0.4, -0.2) is 12.7 Å². The summed E-state index contributed by atoms with van der Waals surface area (Å²) in [6, 6.07) is 13.8. The topological polar surface area (TPSA) is 38.3 Å².